The van der Waals surface area contributed by atoms with E-state index in [4.69, 9.17) is 9.47 Å². The Morgan fingerprint density at radius 2 is 1.71 bits per heavy atom. The van der Waals surface area contributed by atoms with Crippen molar-refractivity contribution in [3.63, 3.8) is 0 Å². The van der Waals surface area contributed by atoms with E-state index in [0.717, 1.165) is 38.0 Å². The van der Waals surface area contributed by atoms with Gasteiger partial charge in [-0.2, -0.15) is 4.31 Å². The van der Waals surface area contributed by atoms with Crippen molar-refractivity contribution in [2.75, 3.05) is 51.8 Å². The lowest BCUT2D eigenvalue weighted by Gasteiger charge is -2.30. The maximum absolute atomic E-state index is 12.9. The third kappa shape index (κ3) is 5.96. The quantitative estimate of drug-likeness (QED) is 0.645. The van der Waals surface area contributed by atoms with Crippen molar-refractivity contribution >= 4 is 21.6 Å². The molecule has 1 amide bonds. The highest BCUT2D eigenvalue weighted by molar-refractivity contribution is 7.89. The molecule has 34 heavy (non-hydrogen) atoms. The van der Waals surface area contributed by atoms with E-state index in [-0.39, 0.29) is 23.4 Å². The lowest BCUT2D eigenvalue weighted by atomic mass is 10.0. The second kappa shape index (κ2) is 11.3. The van der Waals surface area contributed by atoms with E-state index in [1.165, 1.54) is 9.87 Å². The van der Waals surface area contributed by atoms with Gasteiger partial charge in [0.15, 0.2) is 0 Å². The number of rotatable bonds is 7. The first-order chi connectivity index (χ1) is 16.5. The SMILES string of the molecule is COc1ccc([C@H]2CCCCCN2CC(=O)Nc2ccc(S(=O)(=O)N3CCOCC3)cc2)cc1. The number of ether oxygens (including phenoxy) is 2. The van der Waals surface area contributed by atoms with Crippen LogP contribution in [0.3, 0.4) is 0 Å². The number of sulfonamides is 1. The first-order valence-corrected chi connectivity index (χ1v) is 13.3. The average Bonchev–Trinajstić information content (AvgIpc) is 3.10. The molecule has 2 aromatic carbocycles. The number of nitrogens with one attached hydrogen (secondary N) is 1. The van der Waals surface area contributed by atoms with Gasteiger partial charge in [0, 0.05) is 24.8 Å². The minimum atomic E-state index is -3.55. The van der Waals surface area contributed by atoms with Crippen LogP contribution in [0.2, 0.25) is 0 Å². The minimum absolute atomic E-state index is 0.107. The number of hydrogen-bond donors (Lipinski definition) is 1. The summed E-state index contributed by atoms with van der Waals surface area (Å²) < 4.78 is 37.6. The fraction of sp³-hybridized carbons (Fsp3) is 0.480. The highest BCUT2D eigenvalue weighted by Gasteiger charge is 2.27. The normalized spacial score (nSPS) is 20.4. The zero-order chi connectivity index (χ0) is 24.0. The van der Waals surface area contributed by atoms with Gasteiger partial charge in [0.1, 0.15) is 5.75 Å². The van der Waals surface area contributed by atoms with Crippen molar-refractivity contribution in [1.29, 1.82) is 0 Å². The summed E-state index contributed by atoms with van der Waals surface area (Å²) >= 11 is 0. The maximum atomic E-state index is 12.9. The lowest BCUT2D eigenvalue weighted by molar-refractivity contribution is -0.117. The molecule has 0 radical (unpaired) electrons. The van der Waals surface area contributed by atoms with Gasteiger partial charge < -0.3 is 14.8 Å². The highest BCUT2D eigenvalue weighted by atomic mass is 32.2. The van der Waals surface area contributed by atoms with Crippen LogP contribution in [0.1, 0.15) is 37.3 Å². The third-order valence-electron chi connectivity index (χ3n) is 6.46. The molecule has 0 aliphatic carbocycles. The summed E-state index contributed by atoms with van der Waals surface area (Å²) in [5.41, 5.74) is 1.77. The van der Waals surface area contributed by atoms with Crippen LogP contribution < -0.4 is 10.1 Å². The molecule has 1 atom stereocenters. The first kappa shape index (κ1) is 24.7. The standard InChI is InChI=1S/C25H33N3O5S/c1-32-22-10-6-20(7-11-22)24-5-3-2-4-14-27(24)19-25(29)26-21-8-12-23(13-9-21)34(30,31)28-15-17-33-18-16-28/h6-13,24H,2-5,14-19H2,1H3,(H,26,29)/t24-/m1/s1. The van der Waals surface area contributed by atoms with E-state index in [1.807, 2.05) is 12.1 Å². The van der Waals surface area contributed by atoms with Crippen LogP contribution in [0, 0.1) is 0 Å². The molecule has 8 nitrogen and oxygen atoms in total. The molecule has 0 spiro atoms. The van der Waals surface area contributed by atoms with Gasteiger partial charge in [-0.1, -0.05) is 25.0 Å². The van der Waals surface area contributed by atoms with Crippen LogP contribution >= 0.6 is 0 Å². The van der Waals surface area contributed by atoms with E-state index in [9.17, 15) is 13.2 Å². The van der Waals surface area contributed by atoms with Crippen molar-refractivity contribution in [2.45, 2.75) is 36.6 Å². The molecule has 2 aliphatic heterocycles. The molecule has 1 N–H and O–H groups in total. The van der Waals surface area contributed by atoms with Crippen LogP contribution in [-0.4, -0.2) is 70.0 Å². The largest absolute Gasteiger partial charge is 0.497 e. The van der Waals surface area contributed by atoms with Crippen LogP contribution in [0.15, 0.2) is 53.4 Å². The Kier molecular flexibility index (Phi) is 8.20. The maximum Gasteiger partial charge on any atom is 0.243 e. The summed E-state index contributed by atoms with van der Waals surface area (Å²) in [4.78, 5) is 15.3. The van der Waals surface area contributed by atoms with Gasteiger partial charge in [0.25, 0.3) is 0 Å². The number of methoxy groups -OCH3 is 1. The Bertz CT molecular complexity index is 1050. The fourth-order valence-corrected chi connectivity index (χ4v) is 6.00. The van der Waals surface area contributed by atoms with Gasteiger partial charge in [0.05, 0.1) is 31.8 Å². The summed E-state index contributed by atoms with van der Waals surface area (Å²) in [7, 11) is -1.90. The molecule has 2 aliphatic rings. The molecule has 2 heterocycles. The molecule has 2 fully saturated rings. The monoisotopic (exact) mass is 487 g/mol. The van der Waals surface area contributed by atoms with Gasteiger partial charge >= 0.3 is 0 Å². The zero-order valence-corrected chi connectivity index (χ0v) is 20.4. The van der Waals surface area contributed by atoms with E-state index in [2.05, 4.69) is 22.3 Å². The highest BCUT2D eigenvalue weighted by Crippen LogP contribution is 2.31. The number of carbonyl (C=O) groups excluding carboxylic acids is 1. The van der Waals surface area contributed by atoms with Crippen molar-refractivity contribution < 1.29 is 22.7 Å². The Balaban J connectivity index is 1.40. The molecular formula is C25H33N3O5S. The van der Waals surface area contributed by atoms with Gasteiger partial charge in [0.2, 0.25) is 15.9 Å². The Morgan fingerprint density at radius 1 is 1.00 bits per heavy atom. The number of hydrogen-bond acceptors (Lipinski definition) is 6. The number of morpholine rings is 1. The first-order valence-electron chi connectivity index (χ1n) is 11.8. The van der Waals surface area contributed by atoms with Gasteiger partial charge in [-0.25, -0.2) is 8.42 Å². The lowest BCUT2D eigenvalue weighted by Crippen LogP contribution is -2.40. The van der Waals surface area contributed by atoms with Crippen molar-refractivity contribution in [3.8, 4) is 5.75 Å². The number of benzene rings is 2. The topological polar surface area (TPSA) is 88.2 Å². The predicted molar refractivity (Wildman–Crippen MR) is 130 cm³/mol. The molecule has 0 aromatic heterocycles. The van der Waals surface area contributed by atoms with E-state index >= 15 is 0 Å². The molecule has 2 aromatic rings. The predicted octanol–water partition coefficient (Wildman–Crippen LogP) is 3.27. The van der Waals surface area contributed by atoms with Crippen molar-refractivity contribution in [3.05, 3.63) is 54.1 Å². The molecule has 9 heteroatoms. The van der Waals surface area contributed by atoms with E-state index < -0.39 is 10.0 Å². The van der Waals surface area contributed by atoms with E-state index in [0.29, 0.717) is 32.0 Å². The minimum Gasteiger partial charge on any atom is -0.497 e. The fourth-order valence-electron chi connectivity index (χ4n) is 4.59. The summed E-state index contributed by atoms with van der Waals surface area (Å²) in [6, 6.07) is 14.7. The second-order valence-electron chi connectivity index (χ2n) is 8.70. The smallest absolute Gasteiger partial charge is 0.243 e. The molecule has 184 valence electrons. The number of carbonyl (C=O) groups is 1. The number of amides is 1. The number of nitrogens with zero attached hydrogens (tertiary/aromatic N) is 2. The second-order valence-corrected chi connectivity index (χ2v) is 10.6. The molecule has 0 bridgehead atoms. The van der Waals surface area contributed by atoms with Crippen LogP contribution in [0.5, 0.6) is 5.75 Å². The van der Waals surface area contributed by atoms with Gasteiger partial charge in [-0.05, 0) is 61.3 Å². The molecule has 2 saturated heterocycles. The van der Waals surface area contributed by atoms with Gasteiger partial charge in [-0.15, -0.1) is 0 Å². The van der Waals surface area contributed by atoms with Crippen molar-refractivity contribution in [2.24, 2.45) is 0 Å². The number of anilines is 1. The summed E-state index contributed by atoms with van der Waals surface area (Å²) in [6.45, 7) is 2.66. The Hall–Kier alpha value is -2.46. The van der Waals surface area contributed by atoms with Gasteiger partial charge in [-0.3, -0.25) is 9.69 Å². The van der Waals surface area contributed by atoms with Crippen molar-refractivity contribution in [1.82, 2.24) is 9.21 Å². The summed E-state index contributed by atoms with van der Waals surface area (Å²) in [6.07, 6.45) is 4.36. The Labute approximate surface area is 201 Å². The summed E-state index contributed by atoms with van der Waals surface area (Å²) in [5.74, 6) is 0.713. The molecule has 0 saturated carbocycles. The molecule has 4 rings (SSSR count). The average molecular weight is 488 g/mol. The van der Waals surface area contributed by atoms with Crippen LogP contribution in [0.25, 0.3) is 0 Å². The Morgan fingerprint density at radius 3 is 2.38 bits per heavy atom. The van der Waals surface area contributed by atoms with Crippen LogP contribution in [0.4, 0.5) is 5.69 Å². The van der Waals surface area contributed by atoms with Crippen LogP contribution in [-0.2, 0) is 19.6 Å². The molecule has 0 unspecified atom stereocenters. The molecular weight excluding hydrogens is 454 g/mol. The van der Waals surface area contributed by atoms with E-state index in [1.54, 1.807) is 31.4 Å². The summed E-state index contributed by atoms with van der Waals surface area (Å²) in [5, 5.41) is 2.93. The zero-order valence-electron chi connectivity index (χ0n) is 19.6. The number of likely N-dealkylation sites (tertiary alicyclic amines) is 1. The third-order valence-corrected chi connectivity index (χ3v) is 8.37.